The number of piperidine rings is 1. The van der Waals surface area contributed by atoms with Crippen LogP contribution >= 0.6 is 11.8 Å². The molecule has 2 aromatic rings. The second-order valence-corrected chi connectivity index (χ2v) is 9.46. The van der Waals surface area contributed by atoms with Crippen molar-refractivity contribution in [2.24, 2.45) is 16.0 Å². The number of rotatable bonds is 3. The number of fused-ring (bicyclic) bond motifs is 1. The van der Waals surface area contributed by atoms with E-state index in [0.29, 0.717) is 28.2 Å². The molecule has 0 spiro atoms. The Hall–Kier alpha value is -3.73. The molecular weight excluding hydrogens is 456 g/mol. The lowest BCUT2D eigenvalue weighted by Gasteiger charge is -2.30. The van der Waals surface area contributed by atoms with E-state index in [9.17, 15) is 14.9 Å². The highest BCUT2D eigenvalue weighted by Gasteiger charge is 2.38. The Bertz CT molecular complexity index is 1300. The number of hydrogen-bond acceptors (Lipinski definition) is 8. The smallest absolute Gasteiger partial charge is 0.283 e. The first-order chi connectivity index (χ1) is 16.3. The summed E-state index contributed by atoms with van der Waals surface area (Å²) in [6.45, 7) is 5.86. The maximum absolute atomic E-state index is 12.7. The van der Waals surface area contributed by atoms with Crippen molar-refractivity contribution >= 4 is 45.6 Å². The number of nitro benzene ring substituents is 1. The van der Waals surface area contributed by atoms with Crippen LogP contribution in [0.2, 0.25) is 0 Å². The van der Waals surface area contributed by atoms with Crippen LogP contribution in [0.5, 0.6) is 0 Å². The van der Waals surface area contributed by atoms with Gasteiger partial charge in [-0.3, -0.25) is 20.3 Å². The van der Waals surface area contributed by atoms with Gasteiger partial charge in [-0.1, -0.05) is 13.0 Å². The van der Waals surface area contributed by atoms with Gasteiger partial charge in [0.2, 0.25) is 5.17 Å². The van der Waals surface area contributed by atoms with Crippen molar-refractivity contribution in [3.8, 4) is 11.3 Å². The van der Waals surface area contributed by atoms with E-state index in [2.05, 4.69) is 21.9 Å². The number of amides is 1. The van der Waals surface area contributed by atoms with E-state index < -0.39 is 10.8 Å². The van der Waals surface area contributed by atoms with Crippen LogP contribution in [0.15, 0.2) is 50.4 Å². The second kappa shape index (κ2) is 8.56. The average Bonchev–Trinajstić information content (AvgIpc) is 3.44. The van der Waals surface area contributed by atoms with Crippen LogP contribution in [0.3, 0.4) is 0 Å². The van der Waals surface area contributed by atoms with Crippen LogP contribution in [-0.2, 0) is 4.79 Å². The molecule has 0 bridgehead atoms. The second-order valence-electron chi connectivity index (χ2n) is 8.53. The molecule has 34 heavy (non-hydrogen) atoms. The third-order valence-corrected chi connectivity index (χ3v) is 7.08. The highest BCUT2D eigenvalue weighted by Crippen LogP contribution is 2.33. The summed E-state index contributed by atoms with van der Waals surface area (Å²) >= 11 is 1.31. The van der Waals surface area contributed by atoms with Gasteiger partial charge in [0.15, 0.2) is 11.0 Å². The number of furan rings is 1. The molecule has 0 atom stereocenters. The summed E-state index contributed by atoms with van der Waals surface area (Å²) in [5, 5.41) is 26.8. The van der Waals surface area contributed by atoms with E-state index in [0.717, 1.165) is 36.7 Å². The average molecular weight is 479 g/mol. The molecule has 5 rings (SSSR count). The zero-order chi connectivity index (χ0) is 24.0. The number of benzene rings is 1. The Balaban J connectivity index is 1.40. The third-order valence-electron chi connectivity index (χ3n) is 6.11. The van der Waals surface area contributed by atoms with Gasteiger partial charge >= 0.3 is 0 Å². The van der Waals surface area contributed by atoms with Crippen molar-refractivity contribution in [3.63, 3.8) is 0 Å². The predicted molar refractivity (Wildman–Crippen MR) is 131 cm³/mol. The van der Waals surface area contributed by atoms with Crippen LogP contribution in [-0.4, -0.2) is 50.0 Å². The maximum Gasteiger partial charge on any atom is 0.283 e. The van der Waals surface area contributed by atoms with Crippen molar-refractivity contribution in [1.29, 1.82) is 5.41 Å². The van der Waals surface area contributed by atoms with Crippen LogP contribution in [0, 0.1) is 28.4 Å². The van der Waals surface area contributed by atoms with Crippen LogP contribution in [0.4, 0.5) is 5.69 Å². The number of nitrogens with one attached hydrogen (secondary N) is 1. The predicted octanol–water partition coefficient (Wildman–Crippen LogP) is 4.47. The summed E-state index contributed by atoms with van der Waals surface area (Å²) in [5.74, 6) is 0.864. The van der Waals surface area contributed by atoms with Crippen LogP contribution in [0.1, 0.15) is 31.1 Å². The molecule has 1 aromatic carbocycles. The molecule has 0 aliphatic carbocycles. The first-order valence-electron chi connectivity index (χ1n) is 10.9. The Morgan fingerprint density at radius 3 is 2.74 bits per heavy atom. The van der Waals surface area contributed by atoms with Gasteiger partial charge in [-0.2, -0.15) is 10.0 Å². The molecule has 0 radical (unpaired) electrons. The minimum atomic E-state index is -0.531. The number of aliphatic imine (C=N–C) groups is 1. The van der Waals surface area contributed by atoms with E-state index >= 15 is 0 Å². The lowest BCUT2D eigenvalue weighted by atomic mass is 10.00. The quantitative estimate of drug-likeness (QED) is 0.391. The van der Waals surface area contributed by atoms with E-state index in [4.69, 9.17) is 9.83 Å². The zero-order valence-corrected chi connectivity index (χ0v) is 19.5. The highest BCUT2D eigenvalue weighted by atomic mass is 32.2. The Morgan fingerprint density at radius 2 is 2.00 bits per heavy atom. The van der Waals surface area contributed by atoms with Gasteiger partial charge in [-0.05, 0) is 61.2 Å². The van der Waals surface area contributed by atoms with E-state index in [1.54, 1.807) is 18.2 Å². The van der Waals surface area contributed by atoms with Crippen LogP contribution in [0.25, 0.3) is 17.4 Å². The summed E-state index contributed by atoms with van der Waals surface area (Å²) in [4.78, 5) is 29.7. The molecule has 3 aliphatic heterocycles. The highest BCUT2D eigenvalue weighted by molar-refractivity contribution is 8.26. The zero-order valence-electron chi connectivity index (χ0n) is 18.6. The minimum Gasteiger partial charge on any atom is -0.457 e. The SMILES string of the molecule is Cc1ccc([N+](=O)[O-])cc1-c1ccc(/C=C2\C(=N)N3N=C(N4CCC(C)CC4)SC3=NC2=O)o1. The number of aryl methyl sites for hydroxylation is 1. The normalized spacial score (nSPS) is 20.0. The van der Waals surface area contributed by atoms with Gasteiger partial charge in [0.1, 0.15) is 11.5 Å². The molecule has 1 saturated heterocycles. The first kappa shape index (κ1) is 22.1. The lowest BCUT2D eigenvalue weighted by Crippen LogP contribution is -2.36. The molecule has 4 heterocycles. The number of likely N-dealkylation sites (tertiary alicyclic amines) is 1. The van der Waals surface area contributed by atoms with Gasteiger partial charge in [0.05, 0.1) is 10.5 Å². The monoisotopic (exact) mass is 478 g/mol. The summed E-state index contributed by atoms with van der Waals surface area (Å²) in [7, 11) is 0. The molecule has 1 amide bonds. The third kappa shape index (κ3) is 4.03. The molecule has 3 aliphatic rings. The fourth-order valence-electron chi connectivity index (χ4n) is 4.02. The molecule has 11 heteroatoms. The van der Waals surface area contributed by atoms with Gasteiger partial charge in [-0.25, -0.2) is 0 Å². The lowest BCUT2D eigenvalue weighted by molar-refractivity contribution is -0.384. The van der Waals surface area contributed by atoms with Crippen molar-refractivity contribution in [1.82, 2.24) is 9.91 Å². The molecule has 0 saturated carbocycles. The molecule has 1 aromatic heterocycles. The molecule has 0 unspecified atom stereocenters. The number of thioether (sulfide) groups is 1. The van der Waals surface area contributed by atoms with Crippen molar-refractivity contribution in [3.05, 3.63) is 57.3 Å². The maximum atomic E-state index is 12.7. The number of nitrogens with zero attached hydrogens (tertiary/aromatic N) is 5. The fraction of sp³-hybridized carbons (Fsp3) is 0.304. The van der Waals surface area contributed by atoms with Gasteiger partial charge < -0.3 is 9.32 Å². The topological polar surface area (TPSA) is 128 Å². The first-order valence-corrected chi connectivity index (χ1v) is 11.7. The largest absolute Gasteiger partial charge is 0.457 e. The number of amidine groups is 3. The van der Waals surface area contributed by atoms with E-state index in [1.807, 2.05) is 6.92 Å². The minimum absolute atomic E-state index is 0.0358. The number of hydrazone groups is 1. The molecular formula is C23H22N6O4S. The van der Waals surface area contributed by atoms with E-state index in [-0.39, 0.29) is 17.1 Å². The van der Waals surface area contributed by atoms with Crippen molar-refractivity contribution in [2.75, 3.05) is 13.1 Å². The Labute approximate surface area is 199 Å². The molecule has 1 fully saturated rings. The van der Waals surface area contributed by atoms with Crippen molar-refractivity contribution < 1.29 is 14.1 Å². The number of nitro groups is 1. The Morgan fingerprint density at radius 1 is 1.24 bits per heavy atom. The molecule has 10 nitrogen and oxygen atoms in total. The van der Waals surface area contributed by atoms with Gasteiger partial charge in [-0.15, -0.1) is 5.10 Å². The summed E-state index contributed by atoms with van der Waals surface area (Å²) in [6, 6.07) is 7.89. The van der Waals surface area contributed by atoms with Gasteiger partial charge in [0.25, 0.3) is 11.6 Å². The van der Waals surface area contributed by atoms with Crippen molar-refractivity contribution in [2.45, 2.75) is 26.7 Å². The van der Waals surface area contributed by atoms with Crippen LogP contribution < -0.4 is 0 Å². The summed E-state index contributed by atoms with van der Waals surface area (Å²) < 4.78 is 5.86. The molecule has 1 N–H and O–H groups in total. The fourth-order valence-corrected chi connectivity index (χ4v) is 4.96. The number of carbonyl (C=O) groups is 1. The number of non-ortho nitro benzene ring substituents is 1. The summed E-state index contributed by atoms with van der Waals surface area (Å²) in [5.41, 5.74) is 1.44. The number of hydrogen-bond donors (Lipinski definition) is 1. The Kier molecular flexibility index (Phi) is 5.56. The standard InChI is InChI=1S/C23H22N6O4S/c1-13-7-9-27(10-8-13)23-26-28-20(24)18(21(30)25-22(28)34-23)12-16-5-6-19(33-16)17-11-15(29(31)32)4-3-14(17)2/h3-6,11-13,24H,7-10H2,1-2H3/b18-12+,24-20?. The van der Waals surface area contributed by atoms with E-state index in [1.165, 1.54) is 35.0 Å². The molecule has 174 valence electrons. The summed E-state index contributed by atoms with van der Waals surface area (Å²) in [6.07, 6.45) is 3.62. The number of carbonyl (C=O) groups excluding carboxylic acids is 1. The van der Waals surface area contributed by atoms with Gasteiger partial charge in [0, 0.05) is 30.8 Å².